The lowest BCUT2D eigenvalue weighted by molar-refractivity contribution is -0.633. The summed E-state index contributed by atoms with van der Waals surface area (Å²) in [6.45, 7) is 3.08. The Morgan fingerprint density at radius 2 is 1.83 bits per heavy atom. The van der Waals surface area contributed by atoms with E-state index in [1.54, 1.807) is 12.4 Å². The fourth-order valence-electron chi connectivity index (χ4n) is 1.51. The van der Waals surface area contributed by atoms with Crippen LogP contribution in [0.2, 0.25) is 0 Å². The SMILES string of the molecule is CNC(=O)C[NH2+]CC(=O)NCc1ccccc1C. The van der Waals surface area contributed by atoms with Gasteiger partial charge in [0.25, 0.3) is 11.8 Å². The van der Waals surface area contributed by atoms with E-state index in [4.69, 9.17) is 0 Å². The third-order valence-corrected chi connectivity index (χ3v) is 2.68. The van der Waals surface area contributed by atoms with Gasteiger partial charge in [0.2, 0.25) is 0 Å². The van der Waals surface area contributed by atoms with Crippen molar-refractivity contribution in [2.75, 3.05) is 20.1 Å². The summed E-state index contributed by atoms with van der Waals surface area (Å²) in [7, 11) is 1.58. The number of nitrogens with two attached hydrogens (primary N) is 1. The second-order valence-electron chi connectivity index (χ2n) is 4.07. The van der Waals surface area contributed by atoms with Gasteiger partial charge < -0.3 is 16.0 Å². The third kappa shape index (κ3) is 4.97. The number of carbonyl (C=O) groups excluding carboxylic acids is 2. The van der Waals surface area contributed by atoms with E-state index in [2.05, 4.69) is 10.6 Å². The Morgan fingerprint density at radius 3 is 2.50 bits per heavy atom. The van der Waals surface area contributed by atoms with Gasteiger partial charge in [0.15, 0.2) is 13.1 Å². The molecule has 0 saturated carbocycles. The molecule has 5 heteroatoms. The molecular weight excluding hydrogens is 230 g/mol. The first kappa shape index (κ1) is 14.2. The van der Waals surface area contributed by atoms with Crippen LogP contribution < -0.4 is 16.0 Å². The summed E-state index contributed by atoms with van der Waals surface area (Å²) in [6.07, 6.45) is 0. The van der Waals surface area contributed by atoms with Gasteiger partial charge in [-0.25, -0.2) is 0 Å². The second kappa shape index (κ2) is 7.45. The molecule has 0 saturated heterocycles. The highest BCUT2D eigenvalue weighted by molar-refractivity contribution is 5.78. The van der Waals surface area contributed by atoms with Crippen molar-refractivity contribution in [3.05, 3.63) is 35.4 Å². The second-order valence-corrected chi connectivity index (χ2v) is 4.07. The van der Waals surface area contributed by atoms with Gasteiger partial charge in [0.05, 0.1) is 0 Å². The molecule has 98 valence electrons. The third-order valence-electron chi connectivity index (χ3n) is 2.68. The van der Waals surface area contributed by atoms with Crippen molar-refractivity contribution in [3.63, 3.8) is 0 Å². The van der Waals surface area contributed by atoms with Crippen LogP contribution in [0.3, 0.4) is 0 Å². The average molecular weight is 250 g/mol. The molecule has 0 fully saturated rings. The summed E-state index contributed by atoms with van der Waals surface area (Å²) in [5, 5.41) is 7.00. The van der Waals surface area contributed by atoms with Crippen molar-refractivity contribution in [3.8, 4) is 0 Å². The molecule has 5 nitrogen and oxygen atoms in total. The molecule has 0 bridgehead atoms. The quantitative estimate of drug-likeness (QED) is 0.601. The number of amides is 2. The number of rotatable bonds is 6. The molecule has 1 rings (SSSR count). The monoisotopic (exact) mass is 250 g/mol. The zero-order valence-electron chi connectivity index (χ0n) is 10.8. The van der Waals surface area contributed by atoms with E-state index in [9.17, 15) is 9.59 Å². The molecule has 2 amide bonds. The molecule has 1 aromatic carbocycles. The Hall–Kier alpha value is -1.88. The van der Waals surface area contributed by atoms with Crippen LogP contribution in [0.1, 0.15) is 11.1 Å². The number of quaternary nitrogens is 1. The van der Waals surface area contributed by atoms with Crippen LogP contribution in [0.15, 0.2) is 24.3 Å². The maximum absolute atomic E-state index is 11.5. The molecule has 0 aliphatic rings. The smallest absolute Gasteiger partial charge is 0.275 e. The Balaban J connectivity index is 2.25. The molecule has 1 aromatic rings. The summed E-state index contributed by atoms with van der Waals surface area (Å²) in [6, 6.07) is 7.92. The van der Waals surface area contributed by atoms with E-state index in [0.29, 0.717) is 6.54 Å². The first-order chi connectivity index (χ1) is 8.63. The Bertz CT molecular complexity index is 418. The maximum atomic E-state index is 11.5. The number of aryl methyl sites for hydroxylation is 1. The van der Waals surface area contributed by atoms with Crippen LogP contribution in [0.4, 0.5) is 0 Å². The maximum Gasteiger partial charge on any atom is 0.275 e. The Kier molecular flexibility index (Phi) is 5.87. The van der Waals surface area contributed by atoms with E-state index in [0.717, 1.165) is 11.1 Å². The fraction of sp³-hybridized carbons (Fsp3) is 0.385. The molecule has 0 aliphatic carbocycles. The van der Waals surface area contributed by atoms with E-state index >= 15 is 0 Å². The number of nitrogens with one attached hydrogen (secondary N) is 2. The van der Waals surface area contributed by atoms with E-state index in [1.807, 2.05) is 31.2 Å². The molecule has 0 spiro atoms. The topological polar surface area (TPSA) is 74.8 Å². The van der Waals surface area contributed by atoms with E-state index in [-0.39, 0.29) is 24.9 Å². The highest BCUT2D eigenvalue weighted by Gasteiger charge is 2.06. The van der Waals surface area contributed by atoms with Crippen LogP contribution >= 0.6 is 0 Å². The number of carbonyl (C=O) groups is 2. The Morgan fingerprint density at radius 1 is 1.17 bits per heavy atom. The van der Waals surface area contributed by atoms with Gasteiger partial charge >= 0.3 is 0 Å². The Labute approximate surface area is 107 Å². The van der Waals surface area contributed by atoms with Gasteiger partial charge in [0, 0.05) is 13.6 Å². The lowest BCUT2D eigenvalue weighted by atomic mass is 10.1. The van der Waals surface area contributed by atoms with Crippen molar-refractivity contribution in [2.45, 2.75) is 13.5 Å². The van der Waals surface area contributed by atoms with Gasteiger partial charge in [-0.15, -0.1) is 0 Å². The summed E-state index contributed by atoms with van der Waals surface area (Å²) < 4.78 is 0. The molecule has 0 aromatic heterocycles. The molecule has 4 N–H and O–H groups in total. The summed E-state index contributed by atoms with van der Waals surface area (Å²) in [4.78, 5) is 22.5. The summed E-state index contributed by atoms with van der Waals surface area (Å²) >= 11 is 0. The lowest BCUT2D eigenvalue weighted by Crippen LogP contribution is -2.88. The van der Waals surface area contributed by atoms with Gasteiger partial charge in [-0.1, -0.05) is 24.3 Å². The van der Waals surface area contributed by atoms with Crippen LogP contribution in [-0.2, 0) is 16.1 Å². The molecule has 0 radical (unpaired) electrons. The number of hydrogen-bond donors (Lipinski definition) is 3. The van der Waals surface area contributed by atoms with Crippen molar-refractivity contribution in [1.82, 2.24) is 10.6 Å². The first-order valence-corrected chi connectivity index (χ1v) is 5.97. The van der Waals surface area contributed by atoms with Crippen LogP contribution in [0.25, 0.3) is 0 Å². The first-order valence-electron chi connectivity index (χ1n) is 5.97. The minimum Gasteiger partial charge on any atom is -0.354 e. The number of benzene rings is 1. The predicted octanol–water partition coefficient (Wildman–Crippen LogP) is -1.08. The van der Waals surface area contributed by atoms with Crippen molar-refractivity contribution >= 4 is 11.8 Å². The van der Waals surface area contributed by atoms with Crippen LogP contribution in [0, 0.1) is 6.92 Å². The van der Waals surface area contributed by atoms with Gasteiger partial charge in [-0.05, 0) is 18.1 Å². The molecule has 0 aliphatic heterocycles. The number of hydrogen-bond acceptors (Lipinski definition) is 2. The molecule has 18 heavy (non-hydrogen) atoms. The standard InChI is InChI=1S/C13H19N3O2/c1-10-5-3-4-6-11(10)7-16-13(18)9-15-8-12(17)14-2/h3-6,15H,7-9H2,1-2H3,(H,14,17)(H,16,18)/p+1. The zero-order valence-corrected chi connectivity index (χ0v) is 10.8. The lowest BCUT2D eigenvalue weighted by Gasteiger charge is -2.07. The summed E-state index contributed by atoms with van der Waals surface area (Å²) in [5.74, 6) is -0.149. The van der Waals surface area contributed by atoms with Crippen molar-refractivity contribution < 1.29 is 14.9 Å². The zero-order chi connectivity index (χ0) is 13.4. The van der Waals surface area contributed by atoms with Gasteiger partial charge in [-0.3, -0.25) is 9.59 Å². The van der Waals surface area contributed by atoms with E-state index < -0.39 is 0 Å². The highest BCUT2D eigenvalue weighted by Crippen LogP contribution is 2.05. The molecule has 0 unspecified atom stereocenters. The minimum absolute atomic E-state index is 0.0674. The van der Waals surface area contributed by atoms with E-state index in [1.165, 1.54) is 0 Å². The minimum atomic E-state index is -0.0818. The van der Waals surface area contributed by atoms with Crippen molar-refractivity contribution in [1.29, 1.82) is 0 Å². The fourth-order valence-corrected chi connectivity index (χ4v) is 1.51. The normalized spacial score (nSPS) is 9.89. The van der Waals surface area contributed by atoms with Crippen molar-refractivity contribution in [2.24, 2.45) is 0 Å². The number of likely N-dealkylation sites (N-methyl/N-ethyl adjacent to an activating group) is 1. The van der Waals surface area contributed by atoms with Crippen LogP contribution in [-0.4, -0.2) is 32.0 Å². The van der Waals surface area contributed by atoms with Gasteiger partial charge in [-0.2, -0.15) is 0 Å². The molecule has 0 heterocycles. The average Bonchev–Trinajstić information content (AvgIpc) is 2.37. The molecule has 0 atom stereocenters. The largest absolute Gasteiger partial charge is 0.354 e. The summed E-state index contributed by atoms with van der Waals surface area (Å²) in [5.41, 5.74) is 2.27. The molecular formula is C13H20N3O2+. The van der Waals surface area contributed by atoms with Gasteiger partial charge in [0.1, 0.15) is 0 Å². The highest BCUT2D eigenvalue weighted by atomic mass is 16.2. The predicted molar refractivity (Wildman–Crippen MR) is 68.8 cm³/mol. The van der Waals surface area contributed by atoms with Crippen LogP contribution in [0.5, 0.6) is 0 Å².